The molecule has 1 atom stereocenters. The van der Waals surface area contributed by atoms with Crippen LogP contribution in [0.15, 0.2) is 48.5 Å². The van der Waals surface area contributed by atoms with Gasteiger partial charge in [-0.2, -0.15) is 0 Å². The number of hydrogen-bond donors (Lipinski definition) is 1. The lowest BCUT2D eigenvalue weighted by Gasteiger charge is -2.22. The molecule has 2 rings (SSSR count). The molecule has 0 fully saturated rings. The Bertz CT molecular complexity index is 946. The fourth-order valence-corrected chi connectivity index (χ4v) is 3.87. The molecule has 0 spiro atoms. The standard InChI is InChI=1S/C26H35NO4/c1-27(2)19-21(17-24(28)11-7-13-26(29)30)16-23-10-5-4-9-22(23)15-14-20-8-6-12-25(18-20)31-3/h4-6,8-10,12,18,21H,7,11,13-17,19H2,1-3H3,(H,29,30)/i1D3. The van der Waals surface area contributed by atoms with Gasteiger partial charge in [-0.25, -0.2) is 0 Å². The molecule has 0 heterocycles. The third kappa shape index (κ3) is 9.35. The van der Waals surface area contributed by atoms with Crippen molar-refractivity contribution >= 4 is 11.8 Å². The zero-order chi connectivity index (χ0) is 25.1. The zero-order valence-electron chi connectivity index (χ0n) is 21.5. The third-order valence-corrected chi connectivity index (χ3v) is 5.34. The van der Waals surface area contributed by atoms with Gasteiger partial charge in [-0.1, -0.05) is 36.4 Å². The van der Waals surface area contributed by atoms with Gasteiger partial charge in [0.15, 0.2) is 0 Å². The molecule has 2 aromatic rings. The minimum absolute atomic E-state index is 0.0287. The van der Waals surface area contributed by atoms with E-state index in [0.717, 1.165) is 24.2 Å². The first-order chi connectivity index (χ1) is 16.1. The maximum atomic E-state index is 12.5. The molecule has 0 aliphatic rings. The first kappa shape index (κ1) is 20.3. The molecule has 0 aliphatic carbocycles. The van der Waals surface area contributed by atoms with Crippen molar-refractivity contribution in [1.29, 1.82) is 0 Å². The monoisotopic (exact) mass is 428 g/mol. The highest BCUT2D eigenvalue weighted by molar-refractivity contribution is 5.79. The van der Waals surface area contributed by atoms with Gasteiger partial charge in [-0.05, 0) is 74.4 Å². The lowest BCUT2D eigenvalue weighted by molar-refractivity contribution is -0.137. The molecule has 2 aromatic carbocycles. The highest BCUT2D eigenvalue weighted by Gasteiger charge is 2.17. The summed E-state index contributed by atoms with van der Waals surface area (Å²) in [4.78, 5) is 24.6. The second kappa shape index (κ2) is 12.9. The van der Waals surface area contributed by atoms with Crippen molar-refractivity contribution in [3.8, 4) is 5.75 Å². The molecule has 0 bridgehead atoms. The van der Waals surface area contributed by atoms with Crippen LogP contribution in [0.1, 0.15) is 46.5 Å². The van der Waals surface area contributed by atoms with E-state index in [1.54, 1.807) is 14.2 Å². The van der Waals surface area contributed by atoms with Crippen molar-refractivity contribution < 1.29 is 23.5 Å². The van der Waals surface area contributed by atoms with E-state index in [2.05, 4.69) is 12.1 Å². The Morgan fingerprint density at radius 3 is 2.58 bits per heavy atom. The number of carboxylic acids is 1. The highest BCUT2D eigenvalue weighted by atomic mass is 16.5. The molecule has 0 aliphatic heterocycles. The number of benzene rings is 2. The summed E-state index contributed by atoms with van der Waals surface area (Å²) >= 11 is 0. The Balaban J connectivity index is 2.12. The molecule has 0 amide bonds. The van der Waals surface area contributed by atoms with Gasteiger partial charge in [0.25, 0.3) is 0 Å². The molecule has 0 saturated carbocycles. The van der Waals surface area contributed by atoms with Crippen LogP contribution in [0.2, 0.25) is 0 Å². The largest absolute Gasteiger partial charge is 0.497 e. The van der Waals surface area contributed by atoms with Gasteiger partial charge in [-0.3, -0.25) is 9.59 Å². The SMILES string of the molecule is [2H]C([2H])([2H])N(C)CC(CC(=O)CCCC(=O)O)Cc1ccccc1CCc1cccc(OC)c1. The number of hydrogen-bond acceptors (Lipinski definition) is 4. The number of aryl methyl sites for hydroxylation is 2. The van der Waals surface area contributed by atoms with E-state index in [0.29, 0.717) is 12.8 Å². The van der Waals surface area contributed by atoms with Crippen LogP contribution in [0.5, 0.6) is 5.75 Å². The Morgan fingerprint density at radius 1 is 1.10 bits per heavy atom. The van der Waals surface area contributed by atoms with Crippen LogP contribution in [0.4, 0.5) is 0 Å². The van der Waals surface area contributed by atoms with E-state index in [1.807, 2.05) is 36.4 Å². The van der Waals surface area contributed by atoms with Crippen molar-refractivity contribution in [3.63, 3.8) is 0 Å². The predicted octanol–water partition coefficient (Wildman–Crippen LogP) is 4.41. The Hall–Kier alpha value is -2.66. The first-order valence-electron chi connectivity index (χ1n) is 12.2. The molecule has 1 unspecified atom stereocenters. The number of carbonyl (C=O) groups excluding carboxylic acids is 1. The molecule has 5 nitrogen and oxygen atoms in total. The van der Waals surface area contributed by atoms with Crippen LogP contribution < -0.4 is 4.74 Å². The number of nitrogens with zero attached hydrogens (tertiary/aromatic N) is 1. The number of aliphatic carboxylic acids is 1. The summed E-state index contributed by atoms with van der Waals surface area (Å²) in [5.74, 6) is -0.309. The number of Topliss-reactive ketones (excluding diaryl/α,β-unsaturated/α-hetero) is 1. The topological polar surface area (TPSA) is 66.8 Å². The maximum absolute atomic E-state index is 12.5. The number of rotatable bonds is 14. The molecule has 1 N–H and O–H groups in total. The van der Waals surface area contributed by atoms with Crippen LogP contribution in [-0.2, 0) is 28.9 Å². The maximum Gasteiger partial charge on any atom is 0.303 e. The van der Waals surface area contributed by atoms with Crippen LogP contribution in [0.25, 0.3) is 0 Å². The molecule has 5 heteroatoms. The molecule has 31 heavy (non-hydrogen) atoms. The fraction of sp³-hybridized carbons (Fsp3) is 0.462. The summed E-state index contributed by atoms with van der Waals surface area (Å²) in [6.07, 6.45) is 2.91. The van der Waals surface area contributed by atoms with Gasteiger partial charge in [0.1, 0.15) is 11.5 Å². The van der Waals surface area contributed by atoms with Crippen molar-refractivity contribution in [2.75, 3.05) is 27.7 Å². The molecule has 0 saturated heterocycles. The van der Waals surface area contributed by atoms with E-state index < -0.39 is 12.9 Å². The Kier molecular flexibility index (Phi) is 8.43. The van der Waals surface area contributed by atoms with Gasteiger partial charge < -0.3 is 14.7 Å². The molecular weight excluding hydrogens is 390 g/mol. The predicted molar refractivity (Wildman–Crippen MR) is 124 cm³/mol. The number of ketones is 1. The minimum Gasteiger partial charge on any atom is -0.497 e. The van der Waals surface area contributed by atoms with Crippen molar-refractivity contribution in [1.82, 2.24) is 4.90 Å². The van der Waals surface area contributed by atoms with E-state index >= 15 is 0 Å². The van der Waals surface area contributed by atoms with Crippen molar-refractivity contribution in [3.05, 3.63) is 65.2 Å². The van der Waals surface area contributed by atoms with E-state index in [9.17, 15) is 9.59 Å². The summed E-state index contributed by atoms with van der Waals surface area (Å²) in [5, 5.41) is 8.82. The minimum atomic E-state index is -2.24. The van der Waals surface area contributed by atoms with E-state index in [1.165, 1.54) is 16.0 Å². The van der Waals surface area contributed by atoms with Crippen LogP contribution >= 0.6 is 0 Å². The summed E-state index contributed by atoms with van der Waals surface area (Å²) in [6, 6.07) is 16.0. The normalized spacial score (nSPS) is 13.8. The second-order valence-electron chi connectivity index (χ2n) is 8.06. The number of carbonyl (C=O) groups is 2. The summed E-state index contributed by atoms with van der Waals surface area (Å²) in [7, 11) is 3.19. The smallest absolute Gasteiger partial charge is 0.303 e. The second-order valence-corrected chi connectivity index (χ2v) is 8.06. The van der Waals surface area contributed by atoms with Gasteiger partial charge in [-0.15, -0.1) is 0 Å². The third-order valence-electron chi connectivity index (χ3n) is 5.34. The van der Waals surface area contributed by atoms with Gasteiger partial charge in [0.05, 0.1) is 7.11 Å². The molecular formula is C26H35NO4. The average Bonchev–Trinajstić information content (AvgIpc) is 2.77. The fourth-order valence-electron chi connectivity index (χ4n) is 3.87. The van der Waals surface area contributed by atoms with Crippen molar-refractivity contribution in [2.45, 2.75) is 44.9 Å². The van der Waals surface area contributed by atoms with Gasteiger partial charge >= 0.3 is 5.97 Å². The van der Waals surface area contributed by atoms with E-state index in [-0.39, 0.29) is 37.5 Å². The number of ether oxygens (including phenoxy) is 1. The quantitative estimate of drug-likeness (QED) is 0.483. The summed E-state index contributed by atoms with van der Waals surface area (Å²) in [6.45, 7) is -1.98. The molecule has 0 aromatic heterocycles. The molecule has 0 radical (unpaired) electrons. The lowest BCUT2D eigenvalue weighted by atomic mass is 9.89. The zero-order valence-corrected chi connectivity index (χ0v) is 18.5. The highest BCUT2D eigenvalue weighted by Crippen LogP contribution is 2.21. The van der Waals surface area contributed by atoms with Gasteiger partial charge in [0.2, 0.25) is 0 Å². The number of methoxy groups -OCH3 is 1. The Morgan fingerprint density at radius 2 is 1.87 bits per heavy atom. The first-order valence-corrected chi connectivity index (χ1v) is 10.7. The van der Waals surface area contributed by atoms with Crippen LogP contribution in [-0.4, -0.2) is 49.4 Å². The van der Waals surface area contributed by atoms with E-state index in [4.69, 9.17) is 14.0 Å². The summed E-state index contributed by atoms with van der Waals surface area (Å²) in [5.41, 5.74) is 3.44. The van der Waals surface area contributed by atoms with Crippen LogP contribution in [0.3, 0.4) is 0 Å². The number of carboxylic acid groups (broad SMARTS) is 1. The lowest BCUT2D eigenvalue weighted by Crippen LogP contribution is -2.26. The van der Waals surface area contributed by atoms with Crippen molar-refractivity contribution in [2.24, 2.45) is 5.92 Å². The van der Waals surface area contributed by atoms with Gasteiger partial charge in [0, 0.05) is 29.9 Å². The molecule has 168 valence electrons. The average molecular weight is 429 g/mol. The summed E-state index contributed by atoms with van der Waals surface area (Å²) < 4.78 is 28.4. The Labute approximate surface area is 190 Å². The van der Waals surface area contributed by atoms with Crippen LogP contribution in [0, 0.1) is 5.92 Å².